The van der Waals surface area contributed by atoms with Crippen molar-refractivity contribution in [3.8, 4) is 5.75 Å². The fraction of sp³-hybridized carbons (Fsp3) is 0.625. The van der Waals surface area contributed by atoms with Crippen molar-refractivity contribution in [2.45, 2.75) is 44.3 Å². The lowest BCUT2D eigenvalue weighted by Crippen LogP contribution is -2.47. The van der Waals surface area contributed by atoms with Crippen LogP contribution >= 0.6 is 15.9 Å². The number of ether oxygens (including phenoxy) is 3. The van der Waals surface area contributed by atoms with Crippen LogP contribution in [0, 0.1) is 6.92 Å². The molecule has 20 heavy (non-hydrogen) atoms. The molecule has 1 aromatic rings. The summed E-state index contributed by atoms with van der Waals surface area (Å²) in [6.07, 6.45) is 4.18. The first-order valence-corrected chi connectivity index (χ1v) is 8.11. The van der Waals surface area contributed by atoms with Crippen LogP contribution in [-0.4, -0.2) is 31.5 Å². The standard InChI is InChI=1S/C16H21BrO3/c1-12-10-13(2-3-15(12)17)20-14-4-7-19-16(11-14)5-8-18-9-6-16/h2-3,10,14H,4-9,11H2,1H3. The second kappa shape index (κ2) is 6.04. The third-order valence-corrected chi connectivity index (χ3v) is 5.17. The van der Waals surface area contributed by atoms with E-state index in [-0.39, 0.29) is 11.7 Å². The first kappa shape index (κ1) is 14.4. The smallest absolute Gasteiger partial charge is 0.120 e. The van der Waals surface area contributed by atoms with Crippen LogP contribution in [-0.2, 0) is 9.47 Å². The minimum Gasteiger partial charge on any atom is -0.490 e. The summed E-state index contributed by atoms with van der Waals surface area (Å²) in [5, 5.41) is 0. The predicted molar refractivity (Wildman–Crippen MR) is 81.3 cm³/mol. The molecule has 2 aliphatic rings. The monoisotopic (exact) mass is 340 g/mol. The van der Waals surface area contributed by atoms with Crippen LogP contribution in [0.15, 0.2) is 22.7 Å². The Hall–Kier alpha value is -0.580. The average Bonchev–Trinajstić information content (AvgIpc) is 2.44. The van der Waals surface area contributed by atoms with Gasteiger partial charge in [-0.1, -0.05) is 15.9 Å². The Kier molecular flexibility index (Phi) is 4.34. The van der Waals surface area contributed by atoms with Gasteiger partial charge in [-0.3, -0.25) is 0 Å². The molecule has 1 unspecified atom stereocenters. The van der Waals surface area contributed by atoms with Gasteiger partial charge >= 0.3 is 0 Å². The molecule has 0 bridgehead atoms. The highest BCUT2D eigenvalue weighted by Crippen LogP contribution is 2.36. The van der Waals surface area contributed by atoms with E-state index in [1.165, 1.54) is 5.56 Å². The predicted octanol–water partition coefficient (Wildman–Crippen LogP) is 3.86. The Morgan fingerprint density at radius 3 is 2.80 bits per heavy atom. The molecule has 3 rings (SSSR count). The highest BCUT2D eigenvalue weighted by Gasteiger charge is 2.39. The van der Waals surface area contributed by atoms with E-state index in [2.05, 4.69) is 28.9 Å². The molecule has 2 saturated heterocycles. The minimum atomic E-state index is -0.00836. The molecule has 0 radical (unpaired) electrons. The van der Waals surface area contributed by atoms with Crippen molar-refractivity contribution in [1.82, 2.24) is 0 Å². The van der Waals surface area contributed by atoms with Gasteiger partial charge in [-0.15, -0.1) is 0 Å². The Balaban J connectivity index is 1.66. The van der Waals surface area contributed by atoms with Crippen molar-refractivity contribution < 1.29 is 14.2 Å². The van der Waals surface area contributed by atoms with Gasteiger partial charge in [0.2, 0.25) is 0 Å². The van der Waals surface area contributed by atoms with E-state index in [1.807, 2.05) is 12.1 Å². The summed E-state index contributed by atoms with van der Waals surface area (Å²) >= 11 is 3.52. The molecule has 4 heteroatoms. The normalized spacial score (nSPS) is 25.6. The van der Waals surface area contributed by atoms with E-state index in [1.54, 1.807) is 0 Å². The summed E-state index contributed by atoms with van der Waals surface area (Å²) < 4.78 is 18.8. The third-order valence-electron chi connectivity index (χ3n) is 4.28. The largest absolute Gasteiger partial charge is 0.490 e. The second-order valence-electron chi connectivity index (χ2n) is 5.79. The average molecular weight is 341 g/mol. The quantitative estimate of drug-likeness (QED) is 0.817. The maximum atomic E-state index is 6.18. The molecule has 110 valence electrons. The Morgan fingerprint density at radius 1 is 1.25 bits per heavy atom. The van der Waals surface area contributed by atoms with Crippen LogP contribution in [0.25, 0.3) is 0 Å². The second-order valence-corrected chi connectivity index (χ2v) is 6.64. The number of halogens is 1. The summed E-state index contributed by atoms with van der Waals surface area (Å²) in [5.41, 5.74) is 1.20. The zero-order valence-electron chi connectivity index (χ0n) is 11.9. The van der Waals surface area contributed by atoms with Crippen LogP contribution in [0.4, 0.5) is 0 Å². The van der Waals surface area contributed by atoms with E-state index in [0.29, 0.717) is 0 Å². The maximum Gasteiger partial charge on any atom is 0.120 e. The topological polar surface area (TPSA) is 27.7 Å². The number of benzene rings is 1. The van der Waals surface area contributed by atoms with Gasteiger partial charge in [0, 0.05) is 30.5 Å². The molecular weight excluding hydrogens is 320 g/mol. The molecule has 0 aromatic heterocycles. The van der Waals surface area contributed by atoms with Gasteiger partial charge in [0.15, 0.2) is 0 Å². The summed E-state index contributed by atoms with van der Waals surface area (Å²) in [4.78, 5) is 0. The van der Waals surface area contributed by atoms with Crippen molar-refractivity contribution in [2.24, 2.45) is 0 Å². The van der Waals surface area contributed by atoms with E-state index in [0.717, 1.165) is 55.7 Å². The van der Waals surface area contributed by atoms with Gasteiger partial charge in [0.25, 0.3) is 0 Å². The molecule has 1 aromatic carbocycles. The molecule has 2 heterocycles. The van der Waals surface area contributed by atoms with Gasteiger partial charge in [-0.25, -0.2) is 0 Å². The molecule has 0 amide bonds. The first-order chi connectivity index (χ1) is 9.67. The summed E-state index contributed by atoms with van der Waals surface area (Å²) in [7, 11) is 0. The molecule has 1 spiro atoms. The maximum absolute atomic E-state index is 6.18. The Labute approximate surface area is 128 Å². The SMILES string of the molecule is Cc1cc(OC2CCOC3(CCOCC3)C2)ccc1Br. The molecule has 1 atom stereocenters. The third kappa shape index (κ3) is 3.18. The van der Waals surface area contributed by atoms with Crippen LogP contribution in [0.2, 0.25) is 0 Å². The van der Waals surface area contributed by atoms with Crippen LogP contribution in [0.1, 0.15) is 31.2 Å². The van der Waals surface area contributed by atoms with Gasteiger partial charge in [-0.05, 0) is 43.5 Å². The summed E-state index contributed by atoms with van der Waals surface area (Å²) in [6.45, 7) is 4.50. The summed E-state index contributed by atoms with van der Waals surface area (Å²) in [6, 6.07) is 6.17. The highest BCUT2D eigenvalue weighted by atomic mass is 79.9. The Morgan fingerprint density at radius 2 is 2.05 bits per heavy atom. The number of rotatable bonds is 2. The Bertz CT molecular complexity index is 463. The lowest BCUT2D eigenvalue weighted by atomic mass is 9.85. The van der Waals surface area contributed by atoms with Gasteiger partial charge in [0.1, 0.15) is 11.9 Å². The van der Waals surface area contributed by atoms with Gasteiger partial charge in [0.05, 0.1) is 12.2 Å². The van der Waals surface area contributed by atoms with E-state index in [9.17, 15) is 0 Å². The number of hydrogen-bond acceptors (Lipinski definition) is 3. The lowest BCUT2D eigenvalue weighted by Gasteiger charge is -2.43. The van der Waals surface area contributed by atoms with Crippen LogP contribution in [0.5, 0.6) is 5.75 Å². The van der Waals surface area contributed by atoms with Crippen LogP contribution < -0.4 is 4.74 Å². The first-order valence-electron chi connectivity index (χ1n) is 7.31. The van der Waals surface area contributed by atoms with Crippen molar-refractivity contribution in [1.29, 1.82) is 0 Å². The minimum absolute atomic E-state index is 0.00836. The lowest BCUT2D eigenvalue weighted by molar-refractivity contribution is -0.155. The highest BCUT2D eigenvalue weighted by molar-refractivity contribution is 9.10. The van der Waals surface area contributed by atoms with E-state index >= 15 is 0 Å². The fourth-order valence-electron chi connectivity index (χ4n) is 3.06. The van der Waals surface area contributed by atoms with Crippen molar-refractivity contribution >= 4 is 15.9 Å². The fourth-order valence-corrected chi connectivity index (χ4v) is 3.30. The van der Waals surface area contributed by atoms with Crippen LogP contribution in [0.3, 0.4) is 0 Å². The molecule has 0 N–H and O–H groups in total. The van der Waals surface area contributed by atoms with E-state index in [4.69, 9.17) is 14.2 Å². The number of hydrogen-bond donors (Lipinski definition) is 0. The van der Waals surface area contributed by atoms with Crippen molar-refractivity contribution in [2.75, 3.05) is 19.8 Å². The molecule has 3 nitrogen and oxygen atoms in total. The van der Waals surface area contributed by atoms with Crippen molar-refractivity contribution in [3.63, 3.8) is 0 Å². The molecule has 2 fully saturated rings. The number of aryl methyl sites for hydroxylation is 1. The zero-order valence-corrected chi connectivity index (χ0v) is 13.4. The van der Waals surface area contributed by atoms with Gasteiger partial charge in [-0.2, -0.15) is 0 Å². The van der Waals surface area contributed by atoms with Gasteiger partial charge < -0.3 is 14.2 Å². The van der Waals surface area contributed by atoms with E-state index < -0.39 is 0 Å². The molecule has 0 saturated carbocycles. The van der Waals surface area contributed by atoms with Crippen molar-refractivity contribution in [3.05, 3.63) is 28.2 Å². The zero-order chi connectivity index (χ0) is 14.0. The molecular formula is C16H21BrO3. The molecule has 0 aliphatic carbocycles. The molecule has 2 aliphatic heterocycles. The summed E-state index contributed by atoms with van der Waals surface area (Å²) in [5.74, 6) is 0.958.